The molecule has 0 spiro atoms. The molecular formula is C16H18Cl2N4. The zero-order valence-electron chi connectivity index (χ0n) is 12.2. The summed E-state index contributed by atoms with van der Waals surface area (Å²) in [4.78, 5) is 11.3. The van der Waals surface area contributed by atoms with Crippen molar-refractivity contribution >= 4 is 40.7 Å². The van der Waals surface area contributed by atoms with Gasteiger partial charge in [0.25, 0.3) is 0 Å². The van der Waals surface area contributed by atoms with E-state index in [0.29, 0.717) is 10.0 Å². The number of hydrogen-bond donors (Lipinski definition) is 1. The molecule has 0 unspecified atom stereocenters. The monoisotopic (exact) mass is 336 g/mol. The van der Waals surface area contributed by atoms with Crippen LogP contribution in [0.1, 0.15) is 25.7 Å². The average molecular weight is 337 g/mol. The Morgan fingerprint density at radius 2 is 1.77 bits per heavy atom. The van der Waals surface area contributed by atoms with E-state index in [0.717, 1.165) is 30.5 Å². The minimum Gasteiger partial charge on any atom is -0.341 e. The molecule has 1 aromatic carbocycles. The highest BCUT2D eigenvalue weighted by Gasteiger charge is 2.13. The highest BCUT2D eigenvalue weighted by Crippen LogP contribution is 2.28. The lowest BCUT2D eigenvalue weighted by Gasteiger charge is -2.20. The summed E-state index contributed by atoms with van der Waals surface area (Å²) < 4.78 is 0. The zero-order valence-corrected chi connectivity index (χ0v) is 13.7. The Hall–Kier alpha value is -1.52. The van der Waals surface area contributed by atoms with E-state index in [-0.39, 0.29) is 0 Å². The van der Waals surface area contributed by atoms with Crippen LogP contribution in [0.15, 0.2) is 30.5 Å². The molecule has 0 atom stereocenters. The van der Waals surface area contributed by atoms with Crippen LogP contribution in [0.4, 0.5) is 17.5 Å². The van der Waals surface area contributed by atoms with Gasteiger partial charge in [-0.05, 0) is 37.1 Å². The van der Waals surface area contributed by atoms with Crippen molar-refractivity contribution in [3.05, 3.63) is 40.5 Å². The van der Waals surface area contributed by atoms with Crippen molar-refractivity contribution in [1.82, 2.24) is 9.97 Å². The molecule has 0 aliphatic carbocycles. The third kappa shape index (κ3) is 3.81. The third-order valence-corrected chi connectivity index (χ3v) is 4.29. The highest BCUT2D eigenvalue weighted by atomic mass is 35.5. The molecule has 0 saturated carbocycles. The van der Waals surface area contributed by atoms with Crippen LogP contribution in [0, 0.1) is 0 Å². The fourth-order valence-corrected chi connectivity index (χ4v) is 2.91. The van der Waals surface area contributed by atoms with E-state index in [4.69, 9.17) is 23.2 Å². The largest absolute Gasteiger partial charge is 0.341 e. The Balaban J connectivity index is 1.80. The van der Waals surface area contributed by atoms with E-state index in [1.165, 1.54) is 25.7 Å². The Morgan fingerprint density at radius 3 is 2.55 bits per heavy atom. The van der Waals surface area contributed by atoms with Crippen LogP contribution in [0.3, 0.4) is 0 Å². The van der Waals surface area contributed by atoms with Gasteiger partial charge < -0.3 is 10.2 Å². The molecule has 3 rings (SSSR count). The van der Waals surface area contributed by atoms with Gasteiger partial charge in [0.05, 0.1) is 10.7 Å². The second-order valence-corrected chi connectivity index (χ2v) is 6.24. The molecule has 0 radical (unpaired) electrons. The van der Waals surface area contributed by atoms with Crippen LogP contribution in [0.5, 0.6) is 0 Å². The summed E-state index contributed by atoms with van der Waals surface area (Å²) in [6, 6.07) is 7.15. The number of nitrogens with zero attached hydrogens (tertiary/aromatic N) is 3. The zero-order chi connectivity index (χ0) is 15.4. The standard InChI is InChI=1S/C16H18Cl2N4/c17-12-5-6-13(18)14(11-12)20-15-7-8-19-16(21-15)22-9-3-1-2-4-10-22/h5-8,11H,1-4,9-10H2,(H,19,20,21). The van der Waals surface area contributed by atoms with Crippen molar-refractivity contribution in [3.63, 3.8) is 0 Å². The van der Waals surface area contributed by atoms with E-state index in [9.17, 15) is 0 Å². The van der Waals surface area contributed by atoms with Gasteiger partial charge in [-0.1, -0.05) is 36.0 Å². The van der Waals surface area contributed by atoms with Gasteiger partial charge in [-0.2, -0.15) is 4.98 Å². The van der Waals surface area contributed by atoms with Crippen LogP contribution < -0.4 is 10.2 Å². The van der Waals surface area contributed by atoms with Crippen LogP contribution >= 0.6 is 23.2 Å². The lowest BCUT2D eigenvalue weighted by atomic mass is 10.2. The molecule has 0 bridgehead atoms. The maximum atomic E-state index is 6.18. The van der Waals surface area contributed by atoms with Gasteiger partial charge in [0.1, 0.15) is 5.82 Å². The summed E-state index contributed by atoms with van der Waals surface area (Å²) >= 11 is 12.2. The summed E-state index contributed by atoms with van der Waals surface area (Å²) in [5.74, 6) is 1.49. The first-order chi connectivity index (χ1) is 10.7. The van der Waals surface area contributed by atoms with Gasteiger partial charge in [-0.25, -0.2) is 4.98 Å². The number of rotatable bonds is 3. The average Bonchev–Trinajstić information content (AvgIpc) is 2.80. The second kappa shape index (κ2) is 7.16. The fraction of sp³-hybridized carbons (Fsp3) is 0.375. The molecule has 0 amide bonds. The first-order valence-corrected chi connectivity index (χ1v) is 8.28. The van der Waals surface area contributed by atoms with Crippen LogP contribution in [0.2, 0.25) is 10.0 Å². The van der Waals surface area contributed by atoms with Crippen molar-refractivity contribution in [2.24, 2.45) is 0 Å². The number of anilines is 3. The molecule has 1 saturated heterocycles. The molecule has 4 nitrogen and oxygen atoms in total. The molecule has 1 N–H and O–H groups in total. The number of aromatic nitrogens is 2. The summed E-state index contributed by atoms with van der Waals surface area (Å²) in [7, 11) is 0. The topological polar surface area (TPSA) is 41.1 Å². The third-order valence-electron chi connectivity index (χ3n) is 3.72. The molecule has 1 aliphatic heterocycles. The second-order valence-electron chi connectivity index (χ2n) is 5.39. The van der Waals surface area contributed by atoms with E-state index in [1.54, 1.807) is 24.4 Å². The van der Waals surface area contributed by atoms with Crippen molar-refractivity contribution < 1.29 is 0 Å². The van der Waals surface area contributed by atoms with Crippen LogP contribution in [0.25, 0.3) is 0 Å². The number of hydrogen-bond acceptors (Lipinski definition) is 4. The Morgan fingerprint density at radius 1 is 1.00 bits per heavy atom. The molecule has 1 aromatic heterocycles. The molecular weight excluding hydrogens is 319 g/mol. The van der Waals surface area contributed by atoms with Crippen LogP contribution in [-0.4, -0.2) is 23.1 Å². The quantitative estimate of drug-likeness (QED) is 0.864. The normalized spacial score (nSPS) is 15.5. The Kier molecular flexibility index (Phi) is 5.01. The minimum atomic E-state index is 0.610. The maximum Gasteiger partial charge on any atom is 0.227 e. The molecule has 116 valence electrons. The molecule has 6 heteroatoms. The molecule has 1 fully saturated rings. The van der Waals surface area contributed by atoms with Gasteiger partial charge in [0.15, 0.2) is 0 Å². The van der Waals surface area contributed by atoms with E-state index in [1.807, 2.05) is 6.07 Å². The van der Waals surface area contributed by atoms with Gasteiger partial charge in [-0.15, -0.1) is 0 Å². The van der Waals surface area contributed by atoms with Gasteiger partial charge >= 0.3 is 0 Å². The summed E-state index contributed by atoms with van der Waals surface area (Å²) in [6.07, 6.45) is 6.73. The molecule has 2 aromatic rings. The predicted molar refractivity (Wildman–Crippen MR) is 92.5 cm³/mol. The van der Waals surface area contributed by atoms with Gasteiger partial charge in [0, 0.05) is 24.3 Å². The lowest BCUT2D eigenvalue weighted by Crippen LogP contribution is -2.26. The number of nitrogens with one attached hydrogen (secondary N) is 1. The predicted octanol–water partition coefficient (Wildman–Crippen LogP) is 4.91. The fourth-order valence-electron chi connectivity index (χ4n) is 2.57. The SMILES string of the molecule is Clc1ccc(Cl)c(Nc2ccnc(N3CCCCCC3)n2)c1. The van der Waals surface area contributed by atoms with Crippen molar-refractivity contribution in [1.29, 1.82) is 0 Å². The van der Waals surface area contributed by atoms with Crippen LogP contribution in [-0.2, 0) is 0 Å². The van der Waals surface area contributed by atoms with Gasteiger partial charge in [0.2, 0.25) is 5.95 Å². The van der Waals surface area contributed by atoms with Gasteiger partial charge in [-0.3, -0.25) is 0 Å². The molecule has 1 aliphatic rings. The summed E-state index contributed by atoms with van der Waals surface area (Å²) in [6.45, 7) is 2.03. The summed E-state index contributed by atoms with van der Waals surface area (Å²) in [5, 5.41) is 4.46. The van der Waals surface area contributed by atoms with E-state index >= 15 is 0 Å². The maximum absolute atomic E-state index is 6.18. The minimum absolute atomic E-state index is 0.610. The Labute approximate surface area is 140 Å². The van der Waals surface area contributed by atoms with Crippen molar-refractivity contribution in [2.75, 3.05) is 23.3 Å². The highest BCUT2D eigenvalue weighted by molar-refractivity contribution is 6.35. The molecule has 2 heterocycles. The van der Waals surface area contributed by atoms with Crippen molar-refractivity contribution in [2.45, 2.75) is 25.7 Å². The van der Waals surface area contributed by atoms with E-state index < -0.39 is 0 Å². The lowest BCUT2D eigenvalue weighted by molar-refractivity contribution is 0.726. The number of halogens is 2. The number of benzene rings is 1. The first kappa shape index (κ1) is 15.4. The van der Waals surface area contributed by atoms with E-state index in [2.05, 4.69) is 20.2 Å². The molecule has 22 heavy (non-hydrogen) atoms. The Bertz CT molecular complexity index is 640. The smallest absolute Gasteiger partial charge is 0.227 e. The first-order valence-electron chi connectivity index (χ1n) is 7.52. The van der Waals surface area contributed by atoms with Crippen molar-refractivity contribution in [3.8, 4) is 0 Å². The summed E-state index contributed by atoms with van der Waals surface area (Å²) in [5.41, 5.74) is 0.745.